The van der Waals surface area contributed by atoms with Crippen LogP contribution in [0.15, 0.2) is 0 Å². The lowest BCUT2D eigenvalue weighted by Gasteiger charge is -2.30. The highest BCUT2D eigenvalue weighted by Crippen LogP contribution is 2.16. The van der Waals surface area contributed by atoms with E-state index in [9.17, 15) is 5.11 Å². The van der Waals surface area contributed by atoms with Crippen LogP contribution in [-0.2, 0) is 0 Å². The second kappa shape index (κ2) is 6.41. The van der Waals surface area contributed by atoms with Crippen molar-refractivity contribution in [2.24, 2.45) is 5.92 Å². The maximum Gasteiger partial charge on any atom is 0.0538 e. The van der Waals surface area contributed by atoms with Gasteiger partial charge in [-0.25, -0.2) is 0 Å². The standard InChI is InChI=1S/C12H25NO/c1-3-12(14)5-4-8-13-9-6-11(2)7-10-13/h11-12,14H,3-10H2,1-2H3. The first-order valence-corrected chi connectivity index (χ1v) is 6.12. The number of aliphatic hydroxyl groups is 1. The fourth-order valence-corrected chi connectivity index (χ4v) is 2.04. The average molecular weight is 199 g/mol. The predicted octanol–water partition coefficient (Wildman–Crippen LogP) is 2.27. The maximum atomic E-state index is 9.41. The Morgan fingerprint density at radius 3 is 2.57 bits per heavy atom. The van der Waals surface area contributed by atoms with Gasteiger partial charge in [0.2, 0.25) is 0 Å². The Morgan fingerprint density at radius 2 is 2.00 bits per heavy atom. The molecule has 1 heterocycles. The largest absolute Gasteiger partial charge is 0.393 e. The first-order valence-electron chi connectivity index (χ1n) is 6.12. The lowest BCUT2D eigenvalue weighted by Crippen LogP contribution is -2.33. The van der Waals surface area contributed by atoms with Crippen LogP contribution < -0.4 is 0 Å². The van der Waals surface area contributed by atoms with Gasteiger partial charge in [-0.1, -0.05) is 13.8 Å². The monoisotopic (exact) mass is 199 g/mol. The van der Waals surface area contributed by atoms with Gasteiger partial charge >= 0.3 is 0 Å². The van der Waals surface area contributed by atoms with Gasteiger partial charge in [-0.2, -0.15) is 0 Å². The van der Waals surface area contributed by atoms with Crippen LogP contribution in [0.3, 0.4) is 0 Å². The van der Waals surface area contributed by atoms with Crippen molar-refractivity contribution in [2.75, 3.05) is 19.6 Å². The van der Waals surface area contributed by atoms with Gasteiger partial charge in [-0.05, 0) is 57.7 Å². The maximum absolute atomic E-state index is 9.41. The highest BCUT2D eigenvalue weighted by atomic mass is 16.3. The number of rotatable bonds is 5. The molecule has 1 fully saturated rings. The molecule has 14 heavy (non-hydrogen) atoms. The van der Waals surface area contributed by atoms with Crippen molar-refractivity contribution in [2.45, 2.75) is 52.1 Å². The van der Waals surface area contributed by atoms with Crippen molar-refractivity contribution < 1.29 is 5.11 Å². The first kappa shape index (κ1) is 12.0. The number of likely N-dealkylation sites (tertiary alicyclic amines) is 1. The van der Waals surface area contributed by atoms with Crippen molar-refractivity contribution >= 4 is 0 Å². The van der Waals surface area contributed by atoms with Crippen LogP contribution in [0, 0.1) is 5.92 Å². The minimum Gasteiger partial charge on any atom is -0.393 e. The molecule has 0 amide bonds. The van der Waals surface area contributed by atoms with Gasteiger partial charge in [0.1, 0.15) is 0 Å². The number of aliphatic hydroxyl groups excluding tert-OH is 1. The molecular weight excluding hydrogens is 174 g/mol. The molecule has 2 nitrogen and oxygen atoms in total. The third-order valence-corrected chi connectivity index (χ3v) is 3.36. The van der Waals surface area contributed by atoms with Crippen LogP contribution >= 0.6 is 0 Å². The van der Waals surface area contributed by atoms with Crippen LogP contribution in [-0.4, -0.2) is 35.7 Å². The van der Waals surface area contributed by atoms with Crippen molar-refractivity contribution in [1.29, 1.82) is 0 Å². The predicted molar refractivity (Wildman–Crippen MR) is 60.4 cm³/mol. The van der Waals surface area contributed by atoms with Gasteiger partial charge in [-0.15, -0.1) is 0 Å². The zero-order valence-electron chi connectivity index (χ0n) is 9.71. The van der Waals surface area contributed by atoms with Crippen LogP contribution in [0.1, 0.15) is 46.0 Å². The smallest absolute Gasteiger partial charge is 0.0538 e. The number of hydrogen-bond acceptors (Lipinski definition) is 2. The second-order valence-electron chi connectivity index (χ2n) is 4.73. The first-order chi connectivity index (χ1) is 6.72. The number of nitrogens with zero attached hydrogens (tertiary/aromatic N) is 1. The summed E-state index contributed by atoms with van der Waals surface area (Å²) in [5.74, 6) is 0.924. The second-order valence-corrected chi connectivity index (χ2v) is 4.73. The minimum absolute atomic E-state index is 0.0706. The normalized spacial score (nSPS) is 22.5. The molecule has 1 unspecified atom stereocenters. The number of hydrogen-bond donors (Lipinski definition) is 1. The molecule has 0 bridgehead atoms. The lowest BCUT2D eigenvalue weighted by atomic mass is 9.99. The van der Waals surface area contributed by atoms with Crippen molar-refractivity contribution in [3.8, 4) is 0 Å². The third-order valence-electron chi connectivity index (χ3n) is 3.36. The molecular formula is C12H25NO. The Hall–Kier alpha value is -0.0800. The summed E-state index contributed by atoms with van der Waals surface area (Å²) >= 11 is 0. The van der Waals surface area contributed by atoms with Gasteiger partial charge < -0.3 is 10.0 Å². The van der Waals surface area contributed by atoms with Crippen LogP contribution in [0.25, 0.3) is 0 Å². The Balaban J connectivity index is 2.02. The van der Waals surface area contributed by atoms with Gasteiger partial charge in [0.15, 0.2) is 0 Å². The topological polar surface area (TPSA) is 23.5 Å². The lowest BCUT2D eigenvalue weighted by molar-refractivity contribution is 0.140. The summed E-state index contributed by atoms with van der Waals surface area (Å²) in [6.07, 6.45) is 5.68. The summed E-state index contributed by atoms with van der Waals surface area (Å²) in [6.45, 7) is 8.11. The Morgan fingerprint density at radius 1 is 1.36 bits per heavy atom. The Kier molecular flexibility index (Phi) is 5.49. The fourth-order valence-electron chi connectivity index (χ4n) is 2.04. The van der Waals surface area contributed by atoms with Gasteiger partial charge in [-0.3, -0.25) is 0 Å². The van der Waals surface area contributed by atoms with E-state index in [0.29, 0.717) is 0 Å². The molecule has 0 spiro atoms. The average Bonchev–Trinajstić information content (AvgIpc) is 2.21. The van der Waals surface area contributed by atoms with Gasteiger partial charge in [0, 0.05) is 0 Å². The summed E-state index contributed by atoms with van der Waals surface area (Å²) in [5, 5.41) is 9.41. The van der Waals surface area contributed by atoms with E-state index in [0.717, 1.165) is 25.2 Å². The molecule has 84 valence electrons. The van der Waals surface area contributed by atoms with E-state index in [1.54, 1.807) is 0 Å². The van der Waals surface area contributed by atoms with Crippen molar-refractivity contribution in [1.82, 2.24) is 4.90 Å². The highest BCUT2D eigenvalue weighted by Gasteiger charge is 2.15. The highest BCUT2D eigenvalue weighted by molar-refractivity contribution is 4.69. The summed E-state index contributed by atoms with van der Waals surface area (Å²) in [4.78, 5) is 2.54. The Labute approximate surface area is 88.3 Å². The molecule has 1 rings (SSSR count). The van der Waals surface area contributed by atoms with E-state index in [1.165, 1.54) is 32.5 Å². The molecule has 0 aromatic heterocycles. The summed E-state index contributed by atoms with van der Waals surface area (Å²) in [5.41, 5.74) is 0. The third kappa shape index (κ3) is 4.43. The van der Waals surface area contributed by atoms with Crippen molar-refractivity contribution in [3.05, 3.63) is 0 Å². The molecule has 1 N–H and O–H groups in total. The molecule has 1 atom stereocenters. The molecule has 0 aromatic rings. The van der Waals surface area contributed by atoms with Gasteiger partial charge in [0.25, 0.3) is 0 Å². The van der Waals surface area contributed by atoms with E-state index in [-0.39, 0.29) is 6.10 Å². The van der Waals surface area contributed by atoms with Crippen LogP contribution in [0.2, 0.25) is 0 Å². The summed E-state index contributed by atoms with van der Waals surface area (Å²) in [6, 6.07) is 0. The zero-order valence-corrected chi connectivity index (χ0v) is 9.71. The molecule has 1 aliphatic rings. The molecule has 0 radical (unpaired) electrons. The van der Waals surface area contributed by atoms with E-state index in [2.05, 4.69) is 11.8 Å². The SMILES string of the molecule is CCC(O)CCCN1CCC(C)CC1. The van der Waals surface area contributed by atoms with Crippen LogP contribution in [0.4, 0.5) is 0 Å². The molecule has 0 saturated carbocycles. The van der Waals surface area contributed by atoms with Crippen LogP contribution in [0.5, 0.6) is 0 Å². The quantitative estimate of drug-likeness (QED) is 0.734. The van der Waals surface area contributed by atoms with E-state index in [1.807, 2.05) is 6.92 Å². The van der Waals surface area contributed by atoms with E-state index in [4.69, 9.17) is 0 Å². The molecule has 0 aromatic carbocycles. The molecule has 0 aliphatic carbocycles. The molecule has 1 saturated heterocycles. The summed E-state index contributed by atoms with van der Waals surface area (Å²) < 4.78 is 0. The number of piperidine rings is 1. The van der Waals surface area contributed by atoms with Crippen molar-refractivity contribution in [3.63, 3.8) is 0 Å². The molecule has 1 aliphatic heterocycles. The Bertz CT molecular complexity index is 141. The summed E-state index contributed by atoms with van der Waals surface area (Å²) in [7, 11) is 0. The fraction of sp³-hybridized carbons (Fsp3) is 1.00. The minimum atomic E-state index is -0.0706. The van der Waals surface area contributed by atoms with Gasteiger partial charge in [0.05, 0.1) is 6.10 Å². The van der Waals surface area contributed by atoms with E-state index < -0.39 is 0 Å². The molecule has 2 heteroatoms. The zero-order chi connectivity index (χ0) is 10.4. The van der Waals surface area contributed by atoms with E-state index >= 15 is 0 Å².